The number of hydrogen-bond donors (Lipinski definition) is 2. The minimum atomic E-state index is -0.0347. The van der Waals surface area contributed by atoms with Crippen LogP contribution in [0.5, 0.6) is 0 Å². The molecule has 0 aromatic carbocycles. The van der Waals surface area contributed by atoms with Crippen LogP contribution in [0.3, 0.4) is 0 Å². The molecule has 84 valence electrons. The molecule has 0 atom stereocenters. The van der Waals surface area contributed by atoms with Crippen molar-refractivity contribution in [3.8, 4) is 0 Å². The summed E-state index contributed by atoms with van der Waals surface area (Å²) in [6.07, 6.45) is 1.16. The molecule has 2 saturated heterocycles. The zero-order valence-electron chi connectivity index (χ0n) is 9.62. The lowest BCUT2D eigenvalue weighted by Gasteiger charge is -2.57. The van der Waals surface area contributed by atoms with Crippen LogP contribution in [-0.2, 0) is 0 Å². The van der Waals surface area contributed by atoms with Crippen LogP contribution >= 0.6 is 0 Å². The SMILES string of the molecule is CC1(C)CN(O)C1(C)C.ON1CCC1. The van der Waals surface area contributed by atoms with Gasteiger partial charge in [-0.2, -0.15) is 10.1 Å². The average molecular weight is 202 g/mol. The molecule has 0 aromatic rings. The lowest BCUT2D eigenvalue weighted by Crippen LogP contribution is -2.67. The Hall–Kier alpha value is -0.160. The highest BCUT2D eigenvalue weighted by Crippen LogP contribution is 2.44. The van der Waals surface area contributed by atoms with Gasteiger partial charge in [0.05, 0.1) is 0 Å². The molecule has 0 saturated carbocycles. The fourth-order valence-electron chi connectivity index (χ4n) is 1.32. The second kappa shape index (κ2) is 3.77. The van der Waals surface area contributed by atoms with Gasteiger partial charge in [0.1, 0.15) is 0 Å². The van der Waals surface area contributed by atoms with Gasteiger partial charge in [0.2, 0.25) is 0 Å². The summed E-state index contributed by atoms with van der Waals surface area (Å²) in [5.41, 5.74) is 0.231. The van der Waals surface area contributed by atoms with Gasteiger partial charge in [-0.05, 0) is 25.7 Å². The van der Waals surface area contributed by atoms with Gasteiger partial charge in [-0.1, -0.05) is 13.8 Å². The van der Waals surface area contributed by atoms with Gasteiger partial charge in [0.15, 0.2) is 0 Å². The monoisotopic (exact) mass is 202 g/mol. The normalized spacial score (nSPS) is 29.6. The highest BCUT2D eigenvalue weighted by molar-refractivity contribution is 5.02. The predicted molar refractivity (Wildman–Crippen MR) is 54.3 cm³/mol. The second-order valence-electron chi connectivity index (χ2n) is 5.31. The van der Waals surface area contributed by atoms with Crippen LogP contribution in [-0.4, -0.2) is 45.7 Å². The number of hydrogen-bond acceptors (Lipinski definition) is 4. The van der Waals surface area contributed by atoms with E-state index in [0.717, 1.165) is 26.1 Å². The zero-order chi connectivity index (χ0) is 11.0. The van der Waals surface area contributed by atoms with Crippen molar-refractivity contribution in [2.45, 2.75) is 39.7 Å². The van der Waals surface area contributed by atoms with Crippen molar-refractivity contribution in [2.75, 3.05) is 19.6 Å². The molecule has 0 aliphatic carbocycles. The third kappa shape index (κ3) is 2.08. The summed E-state index contributed by atoms with van der Waals surface area (Å²) in [6.45, 7) is 11.0. The van der Waals surface area contributed by atoms with E-state index in [1.165, 1.54) is 10.1 Å². The quantitative estimate of drug-likeness (QED) is 0.626. The smallest absolute Gasteiger partial charge is 0.0468 e. The van der Waals surface area contributed by atoms with E-state index in [0.29, 0.717) is 0 Å². The molecular formula is C10H22N2O2. The summed E-state index contributed by atoms with van der Waals surface area (Å²) in [4.78, 5) is 0. The maximum atomic E-state index is 9.14. The molecule has 0 unspecified atom stereocenters. The first-order valence-corrected chi connectivity index (χ1v) is 5.18. The van der Waals surface area contributed by atoms with Crippen molar-refractivity contribution in [3.05, 3.63) is 0 Å². The molecule has 0 bridgehead atoms. The van der Waals surface area contributed by atoms with Gasteiger partial charge in [-0.15, -0.1) is 0 Å². The average Bonchev–Trinajstić information content (AvgIpc) is 2.01. The van der Waals surface area contributed by atoms with Crippen molar-refractivity contribution < 1.29 is 10.4 Å². The maximum absolute atomic E-state index is 9.14. The van der Waals surface area contributed by atoms with Crippen LogP contribution in [0.1, 0.15) is 34.1 Å². The lowest BCUT2D eigenvalue weighted by atomic mass is 9.67. The van der Waals surface area contributed by atoms with Crippen molar-refractivity contribution in [2.24, 2.45) is 5.41 Å². The molecule has 4 heteroatoms. The molecular weight excluding hydrogens is 180 g/mol. The molecule has 2 fully saturated rings. The molecule has 2 aliphatic rings. The Morgan fingerprint density at radius 3 is 1.43 bits per heavy atom. The Bertz CT molecular complexity index is 200. The third-order valence-electron chi connectivity index (χ3n) is 3.68. The van der Waals surface area contributed by atoms with Crippen LogP contribution in [0.25, 0.3) is 0 Å². The second-order valence-corrected chi connectivity index (χ2v) is 5.31. The third-order valence-corrected chi connectivity index (χ3v) is 3.68. The van der Waals surface area contributed by atoms with E-state index in [4.69, 9.17) is 10.4 Å². The van der Waals surface area contributed by atoms with E-state index in [-0.39, 0.29) is 11.0 Å². The predicted octanol–water partition coefficient (Wildman–Crippen LogP) is 1.58. The van der Waals surface area contributed by atoms with Crippen molar-refractivity contribution in [1.82, 2.24) is 10.1 Å². The summed E-state index contributed by atoms with van der Waals surface area (Å²) in [5, 5.41) is 20.1. The molecule has 0 spiro atoms. The van der Waals surface area contributed by atoms with Crippen LogP contribution in [0.15, 0.2) is 0 Å². The zero-order valence-corrected chi connectivity index (χ0v) is 9.62. The number of nitrogens with zero attached hydrogens (tertiary/aromatic N) is 2. The van der Waals surface area contributed by atoms with Crippen LogP contribution < -0.4 is 0 Å². The molecule has 0 amide bonds. The fourth-order valence-corrected chi connectivity index (χ4v) is 1.32. The minimum absolute atomic E-state index is 0.0347. The first-order chi connectivity index (χ1) is 6.27. The molecule has 2 rings (SSSR count). The molecule has 2 heterocycles. The summed E-state index contributed by atoms with van der Waals surface area (Å²) in [5.74, 6) is 0. The lowest BCUT2D eigenvalue weighted by molar-refractivity contribution is -0.288. The van der Waals surface area contributed by atoms with E-state index in [9.17, 15) is 0 Å². The summed E-state index contributed by atoms with van der Waals surface area (Å²) in [6, 6.07) is 0. The van der Waals surface area contributed by atoms with Crippen molar-refractivity contribution >= 4 is 0 Å². The Morgan fingerprint density at radius 2 is 1.43 bits per heavy atom. The van der Waals surface area contributed by atoms with E-state index in [1.54, 1.807) is 0 Å². The molecule has 0 aromatic heterocycles. The Morgan fingerprint density at radius 1 is 1.00 bits per heavy atom. The van der Waals surface area contributed by atoms with Crippen molar-refractivity contribution in [1.29, 1.82) is 0 Å². The van der Waals surface area contributed by atoms with Crippen molar-refractivity contribution in [3.63, 3.8) is 0 Å². The van der Waals surface area contributed by atoms with Gasteiger partial charge < -0.3 is 10.4 Å². The van der Waals surface area contributed by atoms with Gasteiger partial charge in [0.25, 0.3) is 0 Å². The molecule has 4 nitrogen and oxygen atoms in total. The van der Waals surface area contributed by atoms with Crippen LogP contribution in [0.2, 0.25) is 0 Å². The van der Waals surface area contributed by atoms with E-state index in [2.05, 4.69) is 27.7 Å². The Labute approximate surface area is 86.0 Å². The van der Waals surface area contributed by atoms with Gasteiger partial charge in [0, 0.05) is 25.2 Å². The molecule has 2 aliphatic heterocycles. The maximum Gasteiger partial charge on any atom is 0.0468 e. The molecule has 14 heavy (non-hydrogen) atoms. The molecule has 0 radical (unpaired) electrons. The topological polar surface area (TPSA) is 46.9 Å². The first kappa shape index (κ1) is 11.9. The van der Waals surface area contributed by atoms with Crippen LogP contribution in [0.4, 0.5) is 0 Å². The minimum Gasteiger partial charge on any atom is -0.314 e. The van der Waals surface area contributed by atoms with Crippen LogP contribution in [0, 0.1) is 5.41 Å². The highest BCUT2D eigenvalue weighted by Gasteiger charge is 2.52. The molecule has 2 N–H and O–H groups in total. The largest absolute Gasteiger partial charge is 0.314 e. The fraction of sp³-hybridized carbons (Fsp3) is 1.00. The van der Waals surface area contributed by atoms with Gasteiger partial charge in [-0.25, -0.2) is 0 Å². The summed E-state index contributed by atoms with van der Waals surface area (Å²) >= 11 is 0. The first-order valence-electron chi connectivity index (χ1n) is 5.18. The van der Waals surface area contributed by atoms with E-state index >= 15 is 0 Å². The summed E-state index contributed by atoms with van der Waals surface area (Å²) in [7, 11) is 0. The number of rotatable bonds is 0. The standard InChI is InChI=1S/C7H15NO.C3H7NO/c1-6(2)5-8(9)7(6,3)4;5-4-2-1-3-4/h9H,5H2,1-4H3;5H,1-3H2. The van der Waals surface area contributed by atoms with E-state index < -0.39 is 0 Å². The van der Waals surface area contributed by atoms with Gasteiger partial charge >= 0.3 is 0 Å². The summed E-state index contributed by atoms with van der Waals surface area (Å²) < 4.78 is 0. The number of hydroxylamine groups is 4. The Balaban J connectivity index is 0.000000165. The van der Waals surface area contributed by atoms with E-state index in [1.807, 2.05) is 0 Å². The van der Waals surface area contributed by atoms with Gasteiger partial charge in [-0.3, -0.25) is 0 Å². The highest BCUT2D eigenvalue weighted by atomic mass is 16.5. The Kier molecular flexibility index (Phi) is 3.21.